The number of hydrogen-bond acceptors (Lipinski definition) is 5. The van der Waals surface area contributed by atoms with Crippen molar-refractivity contribution < 1.29 is 14.2 Å². The largest absolute Gasteiger partial charge is 0.497 e. The van der Waals surface area contributed by atoms with Crippen LogP contribution in [0.3, 0.4) is 0 Å². The van der Waals surface area contributed by atoms with Gasteiger partial charge >= 0.3 is 0 Å². The zero-order valence-electron chi connectivity index (χ0n) is 17.3. The smallest absolute Gasteiger partial charge is 0.187 e. The molecule has 4 rings (SSSR count). The molecule has 1 aromatic heterocycles. The third-order valence-electron chi connectivity index (χ3n) is 5.27. The second kappa shape index (κ2) is 10.2. The monoisotopic (exact) mass is 424 g/mol. The number of aryl methyl sites for hydroxylation is 1. The van der Waals surface area contributed by atoms with Gasteiger partial charge in [-0.1, -0.05) is 42.5 Å². The van der Waals surface area contributed by atoms with Crippen LogP contribution in [0.1, 0.15) is 17.5 Å². The fourth-order valence-corrected chi connectivity index (χ4v) is 4.63. The van der Waals surface area contributed by atoms with Crippen LogP contribution in [0.15, 0.2) is 73.3 Å². The molecule has 0 amide bonds. The zero-order chi connectivity index (χ0) is 20.7. The normalized spacial score (nSPS) is 21.0. The molecule has 2 unspecified atom stereocenters. The molecule has 1 saturated heterocycles. The highest BCUT2D eigenvalue weighted by Crippen LogP contribution is 2.32. The Balaban J connectivity index is 1.35. The molecular formula is C24H28N2O3S. The first-order valence-corrected chi connectivity index (χ1v) is 11.4. The summed E-state index contributed by atoms with van der Waals surface area (Å²) in [6.45, 7) is 1.27. The first-order valence-electron chi connectivity index (χ1n) is 10.3. The van der Waals surface area contributed by atoms with Gasteiger partial charge in [-0.05, 0) is 29.7 Å². The lowest BCUT2D eigenvalue weighted by molar-refractivity contribution is -0.180. The second-order valence-electron chi connectivity index (χ2n) is 7.55. The maximum absolute atomic E-state index is 6.51. The molecule has 6 heteroatoms. The highest BCUT2D eigenvalue weighted by molar-refractivity contribution is 7.98. The fourth-order valence-electron chi connectivity index (χ4n) is 3.66. The summed E-state index contributed by atoms with van der Waals surface area (Å²) in [6.07, 6.45) is 7.33. The molecule has 1 fully saturated rings. The molecule has 0 radical (unpaired) electrons. The molecule has 2 aromatic carbocycles. The Morgan fingerprint density at radius 1 is 1.13 bits per heavy atom. The Labute approximate surface area is 182 Å². The molecule has 158 valence electrons. The van der Waals surface area contributed by atoms with Gasteiger partial charge in [0.2, 0.25) is 0 Å². The number of hydrogen-bond donors (Lipinski definition) is 0. The minimum atomic E-state index is -0.626. The number of imidazole rings is 1. The van der Waals surface area contributed by atoms with Crippen LogP contribution in [0, 0.1) is 0 Å². The Kier molecular flexibility index (Phi) is 7.10. The maximum Gasteiger partial charge on any atom is 0.187 e. The van der Waals surface area contributed by atoms with Crippen molar-refractivity contribution >= 4 is 11.8 Å². The standard InChI is InChI=1S/C24H28N2O3S/c1-27-22-9-7-20(8-10-22)11-12-24(18-26-14-13-25-19-26)28-15-23(29-24)17-30-16-21-5-3-2-4-6-21/h2-10,13-14,19,23H,11-12,15-18H2,1H3. The quantitative estimate of drug-likeness (QED) is 0.477. The van der Waals surface area contributed by atoms with Crippen LogP contribution < -0.4 is 4.74 Å². The van der Waals surface area contributed by atoms with Crippen molar-refractivity contribution in [2.24, 2.45) is 0 Å². The van der Waals surface area contributed by atoms with E-state index in [9.17, 15) is 0 Å². The molecule has 3 aromatic rings. The molecular weight excluding hydrogens is 396 g/mol. The average molecular weight is 425 g/mol. The number of methoxy groups -OCH3 is 1. The van der Waals surface area contributed by atoms with Gasteiger partial charge in [-0.2, -0.15) is 11.8 Å². The zero-order valence-corrected chi connectivity index (χ0v) is 18.1. The van der Waals surface area contributed by atoms with Crippen molar-refractivity contribution in [3.8, 4) is 5.75 Å². The van der Waals surface area contributed by atoms with Gasteiger partial charge in [0.25, 0.3) is 0 Å². The molecule has 0 saturated carbocycles. The first kappa shape index (κ1) is 21.0. The molecule has 1 aliphatic heterocycles. The maximum atomic E-state index is 6.51. The van der Waals surface area contributed by atoms with Crippen LogP contribution in [-0.4, -0.2) is 40.9 Å². The van der Waals surface area contributed by atoms with Gasteiger partial charge in [0, 0.05) is 30.3 Å². The molecule has 0 aliphatic carbocycles. The molecule has 30 heavy (non-hydrogen) atoms. The highest BCUT2D eigenvalue weighted by atomic mass is 32.2. The van der Waals surface area contributed by atoms with Crippen molar-refractivity contribution in [2.75, 3.05) is 19.5 Å². The molecule has 0 bridgehead atoms. The van der Waals surface area contributed by atoms with Crippen LogP contribution in [-0.2, 0) is 28.2 Å². The Morgan fingerprint density at radius 3 is 2.70 bits per heavy atom. The van der Waals surface area contributed by atoms with Crippen LogP contribution in [0.25, 0.3) is 0 Å². The number of thioether (sulfide) groups is 1. The van der Waals surface area contributed by atoms with E-state index in [2.05, 4.69) is 47.4 Å². The van der Waals surface area contributed by atoms with Gasteiger partial charge in [-0.15, -0.1) is 0 Å². The summed E-state index contributed by atoms with van der Waals surface area (Å²) >= 11 is 1.89. The van der Waals surface area contributed by atoms with E-state index in [0.29, 0.717) is 13.2 Å². The lowest BCUT2D eigenvalue weighted by Crippen LogP contribution is -2.37. The predicted octanol–water partition coefficient (Wildman–Crippen LogP) is 4.57. The summed E-state index contributed by atoms with van der Waals surface area (Å²) in [5, 5.41) is 0. The third-order valence-corrected chi connectivity index (χ3v) is 6.41. The van der Waals surface area contributed by atoms with E-state index in [0.717, 1.165) is 30.1 Å². The second-order valence-corrected chi connectivity index (χ2v) is 8.58. The number of nitrogens with zero attached hydrogens (tertiary/aromatic N) is 2. The summed E-state index contributed by atoms with van der Waals surface area (Å²) in [6, 6.07) is 18.7. The molecule has 0 spiro atoms. The number of rotatable bonds is 10. The lowest BCUT2D eigenvalue weighted by Gasteiger charge is -2.28. The first-order chi connectivity index (χ1) is 14.7. The molecule has 5 nitrogen and oxygen atoms in total. The Morgan fingerprint density at radius 2 is 1.97 bits per heavy atom. The van der Waals surface area contributed by atoms with Crippen molar-refractivity contribution in [2.45, 2.75) is 37.0 Å². The topological polar surface area (TPSA) is 45.5 Å². The van der Waals surface area contributed by atoms with Gasteiger partial charge in [0.05, 0.1) is 32.7 Å². The summed E-state index contributed by atoms with van der Waals surface area (Å²) < 4.78 is 20.1. The van der Waals surface area contributed by atoms with Gasteiger partial charge in [-0.3, -0.25) is 0 Å². The average Bonchev–Trinajstić information content (AvgIpc) is 3.44. The van der Waals surface area contributed by atoms with E-state index in [1.165, 1.54) is 11.1 Å². The minimum absolute atomic E-state index is 0.0955. The van der Waals surface area contributed by atoms with Crippen LogP contribution >= 0.6 is 11.8 Å². The Hall–Kier alpha value is -2.28. The van der Waals surface area contributed by atoms with Gasteiger partial charge in [0.15, 0.2) is 5.79 Å². The van der Waals surface area contributed by atoms with Gasteiger partial charge < -0.3 is 18.8 Å². The van der Waals surface area contributed by atoms with E-state index in [-0.39, 0.29) is 6.10 Å². The van der Waals surface area contributed by atoms with Crippen molar-refractivity contribution in [3.05, 3.63) is 84.4 Å². The summed E-state index contributed by atoms with van der Waals surface area (Å²) in [5.41, 5.74) is 2.58. The predicted molar refractivity (Wildman–Crippen MR) is 120 cm³/mol. The third kappa shape index (κ3) is 5.65. The Bertz CT molecular complexity index is 887. The molecule has 0 N–H and O–H groups in total. The van der Waals surface area contributed by atoms with E-state index >= 15 is 0 Å². The van der Waals surface area contributed by atoms with E-state index in [1.807, 2.05) is 41.0 Å². The minimum Gasteiger partial charge on any atom is -0.497 e. The lowest BCUT2D eigenvalue weighted by atomic mass is 10.0. The van der Waals surface area contributed by atoms with Gasteiger partial charge in [-0.25, -0.2) is 4.98 Å². The summed E-state index contributed by atoms with van der Waals surface area (Å²) in [5.74, 6) is 2.15. The molecule has 2 atom stereocenters. The van der Waals surface area contributed by atoms with Crippen LogP contribution in [0.2, 0.25) is 0 Å². The van der Waals surface area contributed by atoms with E-state index in [1.54, 1.807) is 13.3 Å². The van der Waals surface area contributed by atoms with Crippen molar-refractivity contribution in [3.63, 3.8) is 0 Å². The summed E-state index contributed by atoms with van der Waals surface area (Å²) in [4.78, 5) is 4.17. The van der Waals surface area contributed by atoms with E-state index in [4.69, 9.17) is 14.2 Å². The SMILES string of the molecule is COc1ccc(CCC2(Cn3ccnc3)OCC(CSCc3ccccc3)O2)cc1. The van der Waals surface area contributed by atoms with E-state index < -0.39 is 5.79 Å². The highest BCUT2D eigenvalue weighted by Gasteiger charge is 2.41. The molecule has 2 heterocycles. The van der Waals surface area contributed by atoms with Crippen LogP contribution in [0.4, 0.5) is 0 Å². The number of ether oxygens (including phenoxy) is 3. The number of benzene rings is 2. The molecule has 1 aliphatic rings. The van der Waals surface area contributed by atoms with Crippen molar-refractivity contribution in [1.82, 2.24) is 9.55 Å². The number of aromatic nitrogens is 2. The van der Waals surface area contributed by atoms with Gasteiger partial charge in [0.1, 0.15) is 5.75 Å². The summed E-state index contributed by atoms with van der Waals surface area (Å²) in [7, 11) is 1.69. The van der Waals surface area contributed by atoms with Crippen molar-refractivity contribution in [1.29, 1.82) is 0 Å². The van der Waals surface area contributed by atoms with Crippen LogP contribution in [0.5, 0.6) is 5.75 Å². The fraction of sp³-hybridized carbons (Fsp3) is 0.375.